The van der Waals surface area contributed by atoms with Gasteiger partial charge in [-0.3, -0.25) is 4.99 Å². The van der Waals surface area contributed by atoms with Crippen LogP contribution >= 0.6 is 0 Å². The summed E-state index contributed by atoms with van der Waals surface area (Å²) in [5.41, 5.74) is 2.82. The van der Waals surface area contributed by atoms with E-state index in [0.29, 0.717) is 12.3 Å². The Labute approximate surface area is 130 Å². The van der Waals surface area contributed by atoms with Gasteiger partial charge in [0.2, 0.25) is 0 Å². The number of allylic oxidation sites excluding steroid dienone is 5. The number of methoxy groups -OCH3 is 1. The Morgan fingerprint density at radius 1 is 1.50 bits per heavy atom. The lowest BCUT2D eigenvalue weighted by molar-refractivity contribution is -0.139. The minimum absolute atomic E-state index is 0.362. The van der Waals surface area contributed by atoms with Crippen LogP contribution in [0.4, 0.5) is 0 Å². The van der Waals surface area contributed by atoms with Crippen molar-refractivity contribution in [1.29, 1.82) is 0 Å². The third-order valence-corrected chi connectivity index (χ3v) is 3.57. The lowest BCUT2D eigenvalue weighted by atomic mass is 9.96. The van der Waals surface area contributed by atoms with Crippen LogP contribution in [0.25, 0.3) is 0 Å². The van der Waals surface area contributed by atoms with Crippen molar-refractivity contribution in [2.24, 2.45) is 4.99 Å². The van der Waals surface area contributed by atoms with Crippen LogP contribution in [0.3, 0.4) is 0 Å². The smallest absolute Gasteiger partial charge is 0.327 e. The van der Waals surface area contributed by atoms with E-state index in [1.54, 1.807) is 31.5 Å². The molecule has 0 saturated heterocycles. The molecule has 1 unspecified atom stereocenters. The zero-order valence-corrected chi connectivity index (χ0v) is 12.6. The van der Waals surface area contributed by atoms with Gasteiger partial charge < -0.3 is 20.5 Å². The summed E-state index contributed by atoms with van der Waals surface area (Å²) in [6, 6.07) is -0.576. The summed E-state index contributed by atoms with van der Waals surface area (Å²) in [7, 11) is 1.59. The first kappa shape index (κ1) is 15.9. The second kappa shape index (κ2) is 7.49. The third kappa shape index (κ3) is 3.78. The van der Waals surface area contributed by atoms with E-state index in [1.807, 2.05) is 0 Å². The first-order valence-electron chi connectivity index (χ1n) is 7.22. The van der Waals surface area contributed by atoms with Gasteiger partial charge in [0.15, 0.2) is 0 Å². The van der Waals surface area contributed by atoms with Crippen molar-refractivity contribution in [3.63, 3.8) is 0 Å². The van der Waals surface area contributed by atoms with E-state index in [1.165, 1.54) is 0 Å². The molecule has 3 N–H and O–H groups in total. The van der Waals surface area contributed by atoms with Crippen molar-refractivity contribution in [2.75, 3.05) is 13.7 Å². The average molecular weight is 303 g/mol. The zero-order chi connectivity index (χ0) is 15.9. The van der Waals surface area contributed by atoms with Gasteiger partial charge in [0.25, 0.3) is 0 Å². The van der Waals surface area contributed by atoms with Gasteiger partial charge in [0.1, 0.15) is 11.8 Å². The van der Waals surface area contributed by atoms with Gasteiger partial charge in [-0.15, -0.1) is 0 Å². The summed E-state index contributed by atoms with van der Waals surface area (Å²) in [6.07, 6.45) is 9.58. The molecule has 0 amide bonds. The predicted molar refractivity (Wildman–Crippen MR) is 85.3 cm³/mol. The van der Waals surface area contributed by atoms with E-state index in [0.717, 1.165) is 36.4 Å². The number of aliphatic imine (C=N–C) groups is 1. The molecule has 22 heavy (non-hydrogen) atoms. The number of nitrogens with zero attached hydrogens (tertiary/aromatic N) is 1. The van der Waals surface area contributed by atoms with E-state index < -0.39 is 12.0 Å². The van der Waals surface area contributed by atoms with E-state index in [4.69, 9.17) is 9.84 Å². The SMILES string of the molecule is C=C\C(=C/C=C/N=C1\CCCC2=C1NCC(C(=O)O)N2)OC. The Bertz CT molecular complexity index is 573. The van der Waals surface area contributed by atoms with Crippen molar-refractivity contribution >= 4 is 11.7 Å². The second-order valence-corrected chi connectivity index (χ2v) is 5.02. The molecule has 0 bridgehead atoms. The highest BCUT2D eigenvalue weighted by Gasteiger charge is 2.28. The van der Waals surface area contributed by atoms with E-state index in [2.05, 4.69) is 22.2 Å². The molecule has 6 heteroatoms. The van der Waals surface area contributed by atoms with Gasteiger partial charge in [-0.1, -0.05) is 6.58 Å². The Balaban J connectivity index is 2.11. The minimum Gasteiger partial charge on any atom is -0.497 e. The van der Waals surface area contributed by atoms with Crippen LogP contribution in [-0.4, -0.2) is 36.5 Å². The fraction of sp³-hybridized carbons (Fsp3) is 0.375. The summed E-state index contributed by atoms with van der Waals surface area (Å²) in [5, 5.41) is 15.3. The maximum atomic E-state index is 11.0. The summed E-state index contributed by atoms with van der Waals surface area (Å²) in [5.74, 6) is -0.175. The first-order chi connectivity index (χ1) is 10.7. The van der Waals surface area contributed by atoms with Crippen molar-refractivity contribution in [1.82, 2.24) is 10.6 Å². The molecule has 2 aliphatic rings. The first-order valence-corrected chi connectivity index (χ1v) is 7.22. The molecule has 0 aromatic rings. The average Bonchev–Trinajstić information content (AvgIpc) is 2.54. The molecule has 0 saturated carbocycles. The topological polar surface area (TPSA) is 83.0 Å². The van der Waals surface area contributed by atoms with Gasteiger partial charge in [0, 0.05) is 18.4 Å². The number of aliphatic carboxylic acids is 1. The molecule has 1 atom stereocenters. The highest BCUT2D eigenvalue weighted by Crippen LogP contribution is 2.22. The van der Waals surface area contributed by atoms with Crippen LogP contribution in [0.15, 0.2) is 53.2 Å². The molecule has 118 valence electrons. The van der Waals surface area contributed by atoms with Gasteiger partial charge in [0.05, 0.1) is 18.5 Å². The number of carboxylic acids is 1. The molecular weight excluding hydrogens is 282 g/mol. The Hall–Kier alpha value is -2.50. The normalized spacial score (nSPS) is 23.8. The molecule has 0 aromatic heterocycles. The quantitative estimate of drug-likeness (QED) is 0.532. The molecule has 6 nitrogen and oxygen atoms in total. The Kier molecular flexibility index (Phi) is 5.41. The van der Waals surface area contributed by atoms with Crippen molar-refractivity contribution in [3.8, 4) is 0 Å². The molecule has 1 aliphatic carbocycles. The lowest BCUT2D eigenvalue weighted by Crippen LogP contribution is -2.51. The molecule has 1 aliphatic heterocycles. The number of ether oxygens (including phenoxy) is 1. The van der Waals surface area contributed by atoms with Crippen molar-refractivity contribution in [2.45, 2.75) is 25.3 Å². The number of nitrogens with one attached hydrogen (secondary N) is 2. The fourth-order valence-corrected chi connectivity index (χ4v) is 2.44. The monoisotopic (exact) mass is 303 g/mol. The van der Waals surface area contributed by atoms with Gasteiger partial charge in [-0.05, 0) is 37.5 Å². The maximum Gasteiger partial charge on any atom is 0.327 e. The van der Waals surface area contributed by atoms with Gasteiger partial charge >= 0.3 is 5.97 Å². The lowest BCUT2D eigenvalue weighted by Gasteiger charge is -2.32. The molecule has 1 heterocycles. The largest absolute Gasteiger partial charge is 0.497 e. The number of hydrogen-bond donors (Lipinski definition) is 3. The van der Waals surface area contributed by atoms with Crippen LogP contribution in [-0.2, 0) is 9.53 Å². The van der Waals surface area contributed by atoms with E-state index >= 15 is 0 Å². The van der Waals surface area contributed by atoms with E-state index in [9.17, 15) is 4.79 Å². The zero-order valence-electron chi connectivity index (χ0n) is 12.6. The van der Waals surface area contributed by atoms with Crippen molar-refractivity contribution < 1.29 is 14.6 Å². The van der Waals surface area contributed by atoms with Crippen LogP contribution in [0.2, 0.25) is 0 Å². The summed E-state index contributed by atoms with van der Waals surface area (Å²) in [4.78, 5) is 15.5. The van der Waals surface area contributed by atoms with Crippen LogP contribution in [0.1, 0.15) is 19.3 Å². The summed E-state index contributed by atoms with van der Waals surface area (Å²) >= 11 is 0. The molecular formula is C16H21N3O3. The fourth-order valence-electron chi connectivity index (χ4n) is 2.44. The Morgan fingerprint density at radius 3 is 3.00 bits per heavy atom. The van der Waals surface area contributed by atoms with Crippen LogP contribution in [0, 0.1) is 0 Å². The Morgan fingerprint density at radius 2 is 2.32 bits per heavy atom. The minimum atomic E-state index is -0.843. The van der Waals surface area contributed by atoms with Gasteiger partial charge in [-0.25, -0.2) is 4.79 Å². The molecule has 0 fully saturated rings. The molecule has 0 aromatic carbocycles. The van der Waals surface area contributed by atoms with Crippen LogP contribution in [0.5, 0.6) is 0 Å². The number of carboxylic acid groups (broad SMARTS) is 1. The van der Waals surface area contributed by atoms with Crippen LogP contribution < -0.4 is 10.6 Å². The molecule has 2 rings (SSSR count). The maximum absolute atomic E-state index is 11.0. The number of hydrogen-bond acceptors (Lipinski definition) is 5. The third-order valence-electron chi connectivity index (χ3n) is 3.57. The van der Waals surface area contributed by atoms with Crippen molar-refractivity contribution in [3.05, 3.63) is 48.2 Å². The number of rotatable bonds is 5. The van der Waals surface area contributed by atoms with E-state index in [-0.39, 0.29) is 0 Å². The molecule has 0 radical (unpaired) electrons. The highest BCUT2D eigenvalue weighted by molar-refractivity contribution is 6.01. The standard InChI is InChI=1S/C16H21N3O3/c1-3-11(22-2)6-5-9-17-12-7-4-8-13-15(12)18-10-14(19-13)16(20)21/h3,5-6,9,14,18-19H,1,4,7-8,10H2,2H3,(H,20,21)/b9-5+,11-6+,17-12+. The van der Waals surface area contributed by atoms with Gasteiger partial charge in [-0.2, -0.15) is 0 Å². The number of carbonyl (C=O) groups is 1. The highest BCUT2D eigenvalue weighted by atomic mass is 16.5. The molecule has 0 spiro atoms. The summed E-state index contributed by atoms with van der Waals surface area (Å²) < 4.78 is 5.07. The second-order valence-electron chi connectivity index (χ2n) is 5.02. The predicted octanol–water partition coefficient (Wildman–Crippen LogP) is 1.70. The summed E-state index contributed by atoms with van der Waals surface area (Å²) in [6.45, 7) is 4.00.